The third kappa shape index (κ3) is 1.29. The molecule has 1 atom stereocenters. The predicted octanol–water partition coefficient (Wildman–Crippen LogP) is 3.63. The van der Waals surface area contributed by atoms with Crippen LogP contribution >= 0.6 is 11.3 Å². The van der Waals surface area contributed by atoms with Crippen LogP contribution in [0.1, 0.15) is 47.2 Å². The van der Waals surface area contributed by atoms with Gasteiger partial charge in [-0.3, -0.25) is 0 Å². The molecule has 0 fully saturated rings. The summed E-state index contributed by atoms with van der Waals surface area (Å²) in [6.45, 7) is 4.66. The van der Waals surface area contributed by atoms with Gasteiger partial charge in [-0.1, -0.05) is 19.0 Å². The standard InChI is InChI=1S/C12H15NOS/c1-12(2)5-8-7-3-4-9(13-14)11(7)15-10(8)6-12/h9H,3-6H2,1-2H3. The highest BCUT2D eigenvalue weighted by molar-refractivity contribution is 7.12. The first-order valence-electron chi connectivity index (χ1n) is 5.56. The fourth-order valence-corrected chi connectivity index (χ4v) is 4.64. The summed E-state index contributed by atoms with van der Waals surface area (Å²) >= 11 is 1.85. The Bertz CT molecular complexity index is 433. The van der Waals surface area contributed by atoms with Gasteiger partial charge >= 0.3 is 0 Å². The van der Waals surface area contributed by atoms with E-state index in [-0.39, 0.29) is 6.04 Å². The minimum absolute atomic E-state index is 0.0290. The summed E-state index contributed by atoms with van der Waals surface area (Å²) in [6, 6.07) is -0.0290. The fraction of sp³-hybridized carbons (Fsp3) is 0.667. The molecule has 0 saturated carbocycles. The Morgan fingerprint density at radius 3 is 2.87 bits per heavy atom. The minimum atomic E-state index is -0.0290. The third-order valence-electron chi connectivity index (χ3n) is 3.62. The fourth-order valence-electron chi connectivity index (χ4n) is 2.95. The Morgan fingerprint density at radius 1 is 1.33 bits per heavy atom. The van der Waals surface area contributed by atoms with Crippen LogP contribution in [0.2, 0.25) is 0 Å². The first-order valence-corrected chi connectivity index (χ1v) is 6.38. The highest BCUT2D eigenvalue weighted by atomic mass is 32.1. The summed E-state index contributed by atoms with van der Waals surface area (Å²) in [5.41, 5.74) is 3.47. The molecule has 0 aliphatic heterocycles. The van der Waals surface area contributed by atoms with Crippen LogP contribution in [0.15, 0.2) is 5.18 Å². The molecule has 1 aromatic heterocycles. The van der Waals surface area contributed by atoms with E-state index >= 15 is 0 Å². The van der Waals surface area contributed by atoms with Crippen molar-refractivity contribution in [2.45, 2.75) is 45.6 Å². The van der Waals surface area contributed by atoms with Gasteiger partial charge in [0.1, 0.15) is 6.04 Å². The van der Waals surface area contributed by atoms with E-state index in [1.807, 2.05) is 11.3 Å². The Kier molecular flexibility index (Phi) is 1.85. The number of hydrogen-bond acceptors (Lipinski definition) is 3. The molecule has 80 valence electrons. The van der Waals surface area contributed by atoms with E-state index < -0.39 is 0 Å². The molecule has 1 unspecified atom stereocenters. The van der Waals surface area contributed by atoms with Crippen molar-refractivity contribution in [2.75, 3.05) is 0 Å². The van der Waals surface area contributed by atoms with Gasteiger partial charge in [-0.05, 0) is 42.2 Å². The summed E-state index contributed by atoms with van der Waals surface area (Å²) in [4.78, 5) is 13.5. The number of nitrogens with zero attached hydrogens (tertiary/aromatic N) is 1. The minimum Gasteiger partial charge on any atom is -0.150 e. The summed E-state index contributed by atoms with van der Waals surface area (Å²) in [6.07, 6.45) is 4.40. The van der Waals surface area contributed by atoms with Crippen LogP contribution in [0, 0.1) is 10.3 Å². The van der Waals surface area contributed by atoms with Crippen LogP contribution in [0.3, 0.4) is 0 Å². The van der Waals surface area contributed by atoms with Crippen LogP contribution in [0.25, 0.3) is 0 Å². The van der Waals surface area contributed by atoms with Gasteiger partial charge in [0.2, 0.25) is 0 Å². The van der Waals surface area contributed by atoms with E-state index in [1.54, 1.807) is 5.56 Å². The van der Waals surface area contributed by atoms with Gasteiger partial charge in [0.15, 0.2) is 0 Å². The molecule has 0 radical (unpaired) electrons. The Morgan fingerprint density at radius 2 is 2.13 bits per heavy atom. The van der Waals surface area contributed by atoms with Crippen molar-refractivity contribution in [3.05, 3.63) is 25.8 Å². The number of thiophene rings is 1. The van der Waals surface area contributed by atoms with Crippen LogP contribution in [-0.2, 0) is 19.3 Å². The predicted molar refractivity (Wildman–Crippen MR) is 62.4 cm³/mol. The average molecular weight is 221 g/mol. The quantitative estimate of drug-likeness (QED) is 0.666. The van der Waals surface area contributed by atoms with E-state index in [9.17, 15) is 4.91 Å². The van der Waals surface area contributed by atoms with Gasteiger partial charge in [0.05, 0.1) is 0 Å². The first kappa shape index (κ1) is 9.52. The maximum atomic E-state index is 10.7. The molecule has 15 heavy (non-hydrogen) atoms. The largest absolute Gasteiger partial charge is 0.150 e. The zero-order chi connectivity index (χ0) is 10.6. The van der Waals surface area contributed by atoms with Crippen molar-refractivity contribution in [2.24, 2.45) is 10.6 Å². The zero-order valence-electron chi connectivity index (χ0n) is 9.17. The summed E-state index contributed by atoms with van der Waals surface area (Å²) in [5.74, 6) is 0. The molecule has 1 heterocycles. The highest BCUT2D eigenvalue weighted by Crippen LogP contribution is 2.49. The summed E-state index contributed by atoms with van der Waals surface area (Å²) in [5, 5.41) is 3.24. The number of nitroso groups, excluding NO2 is 1. The van der Waals surface area contributed by atoms with Crippen LogP contribution in [0.5, 0.6) is 0 Å². The number of hydrogen-bond donors (Lipinski definition) is 0. The molecule has 0 amide bonds. The van der Waals surface area contributed by atoms with Gasteiger partial charge < -0.3 is 0 Å². The van der Waals surface area contributed by atoms with E-state index in [2.05, 4.69) is 19.0 Å². The summed E-state index contributed by atoms with van der Waals surface area (Å²) in [7, 11) is 0. The van der Waals surface area contributed by atoms with E-state index in [0.29, 0.717) is 5.41 Å². The van der Waals surface area contributed by atoms with Crippen molar-refractivity contribution in [1.29, 1.82) is 0 Å². The molecular weight excluding hydrogens is 206 g/mol. The normalized spacial score (nSPS) is 26.4. The molecule has 2 aliphatic rings. The number of rotatable bonds is 1. The van der Waals surface area contributed by atoms with Gasteiger partial charge in [0, 0.05) is 9.75 Å². The van der Waals surface area contributed by atoms with Crippen molar-refractivity contribution in [1.82, 2.24) is 0 Å². The van der Waals surface area contributed by atoms with Crippen LogP contribution < -0.4 is 0 Å². The molecular formula is C12H15NOS. The second kappa shape index (κ2) is 2.91. The monoisotopic (exact) mass is 221 g/mol. The molecule has 2 nitrogen and oxygen atoms in total. The van der Waals surface area contributed by atoms with Crippen LogP contribution in [-0.4, -0.2) is 0 Å². The van der Waals surface area contributed by atoms with E-state index in [1.165, 1.54) is 28.2 Å². The third-order valence-corrected chi connectivity index (χ3v) is 5.00. The highest BCUT2D eigenvalue weighted by Gasteiger charge is 2.37. The average Bonchev–Trinajstić information content (AvgIpc) is 2.73. The first-order chi connectivity index (χ1) is 7.11. The Balaban J connectivity index is 2.05. The molecule has 3 rings (SSSR count). The molecule has 2 aliphatic carbocycles. The topological polar surface area (TPSA) is 29.4 Å². The van der Waals surface area contributed by atoms with Gasteiger partial charge in [0.25, 0.3) is 0 Å². The smallest absolute Gasteiger partial charge is 0.127 e. The molecule has 1 aromatic rings. The van der Waals surface area contributed by atoms with Gasteiger partial charge in [-0.25, -0.2) is 0 Å². The summed E-state index contributed by atoms with van der Waals surface area (Å²) < 4.78 is 0. The maximum absolute atomic E-state index is 10.7. The lowest BCUT2D eigenvalue weighted by Gasteiger charge is -2.15. The zero-order valence-corrected chi connectivity index (χ0v) is 9.99. The van der Waals surface area contributed by atoms with E-state index in [4.69, 9.17) is 0 Å². The van der Waals surface area contributed by atoms with Crippen molar-refractivity contribution in [3.8, 4) is 0 Å². The second-order valence-electron chi connectivity index (χ2n) is 5.52. The molecule has 0 saturated heterocycles. The van der Waals surface area contributed by atoms with Crippen molar-refractivity contribution >= 4 is 11.3 Å². The molecule has 0 bridgehead atoms. The second-order valence-corrected chi connectivity index (χ2v) is 6.66. The van der Waals surface area contributed by atoms with Crippen molar-refractivity contribution < 1.29 is 0 Å². The molecule has 3 heteroatoms. The lowest BCUT2D eigenvalue weighted by molar-refractivity contribution is 0.393. The van der Waals surface area contributed by atoms with Crippen molar-refractivity contribution in [3.63, 3.8) is 0 Å². The SMILES string of the molecule is CC1(C)Cc2sc3c(c2C1)CCC3N=O. The molecule has 0 aromatic carbocycles. The lowest BCUT2D eigenvalue weighted by atomic mass is 9.90. The van der Waals surface area contributed by atoms with Gasteiger partial charge in [-0.15, -0.1) is 11.3 Å². The lowest BCUT2D eigenvalue weighted by Crippen LogP contribution is -2.10. The Labute approximate surface area is 93.7 Å². The number of fused-ring (bicyclic) bond motifs is 3. The van der Waals surface area contributed by atoms with E-state index in [0.717, 1.165) is 12.8 Å². The van der Waals surface area contributed by atoms with Gasteiger partial charge in [-0.2, -0.15) is 4.91 Å². The maximum Gasteiger partial charge on any atom is 0.127 e. The Hall–Kier alpha value is -0.700. The molecule has 0 spiro atoms. The van der Waals surface area contributed by atoms with Crippen LogP contribution in [0.4, 0.5) is 0 Å². The molecule has 0 N–H and O–H groups in total.